The molecule has 0 spiro atoms. The van der Waals surface area contributed by atoms with Gasteiger partial charge in [-0.1, -0.05) is 17.7 Å². The van der Waals surface area contributed by atoms with Crippen molar-refractivity contribution < 1.29 is 18.9 Å². The largest absolute Gasteiger partial charge is 0.486 e. The van der Waals surface area contributed by atoms with Crippen LogP contribution in [0.2, 0.25) is 5.02 Å². The molecular formula is C31H32ClN10O4+. The molecule has 0 fully saturated rings. The Kier molecular flexibility index (Phi) is 9.49. The normalized spacial score (nSPS) is 11.6. The molecular weight excluding hydrogens is 612 g/mol. The van der Waals surface area contributed by atoms with Gasteiger partial charge in [-0.15, -0.1) is 0 Å². The molecule has 14 nitrogen and oxygen atoms in total. The summed E-state index contributed by atoms with van der Waals surface area (Å²) in [5.41, 5.74) is 2.55. The average molecular weight is 644 g/mol. The topological polar surface area (TPSA) is 163 Å². The number of aryl methyl sites for hydroxylation is 1. The fraction of sp³-hybridized carbons (Fsp3) is 0.226. The zero-order valence-corrected chi connectivity index (χ0v) is 26.4. The highest BCUT2D eigenvalue weighted by Gasteiger charge is 2.29. The van der Waals surface area contributed by atoms with Gasteiger partial charge in [-0.3, -0.25) is 9.78 Å². The molecule has 0 unspecified atom stereocenters. The Balaban J connectivity index is 1.23. The zero-order chi connectivity index (χ0) is 32.8. The first kappa shape index (κ1) is 31.9. The first-order chi connectivity index (χ1) is 22.0. The van der Waals surface area contributed by atoms with Crippen LogP contribution in [0.15, 0.2) is 73.3 Å². The third-order valence-electron chi connectivity index (χ3n) is 7.11. The second-order valence-corrected chi connectivity index (χ2v) is 11.5. The number of benzene rings is 1. The fourth-order valence-electron chi connectivity index (χ4n) is 4.64. The molecule has 4 heterocycles. The van der Waals surface area contributed by atoms with Gasteiger partial charge in [0.1, 0.15) is 36.9 Å². The number of hydrogen-bond acceptors (Lipinski definition) is 10. The maximum absolute atomic E-state index is 12.8. The van der Waals surface area contributed by atoms with E-state index in [2.05, 4.69) is 35.6 Å². The van der Waals surface area contributed by atoms with Crippen LogP contribution >= 0.6 is 11.6 Å². The van der Waals surface area contributed by atoms with Crippen molar-refractivity contribution in [1.29, 1.82) is 0 Å². The third-order valence-corrected chi connectivity index (χ3v) is 7.40. The van der Waals surface area contributed by atoms with E-state index in [1.54, 1.807) is 55.2 Å². The van der Waals surface area contributed by atoms with Crippen LogP contribution in [-0.2, 0) is 25.0 Å². The van der Waals surface area contributed by atoms with Crippen LogP contribution in [0, 0.1) is 17.0 Å². The summed E-state index contributed by atoms with van der Waals surface area (Å²) in [6.45, 7) is 2.81. The lowest BCUT2D eigenvalue weighted by atomic mass is 10.2. The standard InChI is InChI=1S/C31H31ClN10O4/c1-20-37-31(41(44)45)26(40(20)2)17-42(3,4)13-7-9-29(43)39-28-15-23-25(16-34-28)35-19-36-30(23)38-21-10-11-27(24(32)14-21)46-18-22-8-5-6-12-33-22/h5-12,14-16,19H,13,17-18H2,1-4H3,(H-,34,35,36,38,39,43)/p+1/b9-7+. The third kappa shape index (κ3) is 7.78. The van der Waals surface area contributed by atoms with Crippen molar-refractivity contribution in [2.24, 2.45) is 7.05 Å². The Morgan fingerprint density at radius 3 is 2.72 bits per heavy atom. The lowest BCUT2D eigenvalue weighted by Gasteiger charge is -2.28. The number of likely N-dealkylation sites (N-methyl/N-ethyl adjacent to an activating group) is 1. The molecule has 0 saturated carbocycles. The van der Waals surface area contributed by atoms with E-state index < -0.39 is 4.92 Å². The van der Waals surface area contributed by atoms with E-state index in [4.69, 9.17) is 16.3 Å². The SMILES string of the molecule is Cc1nc([N+](=O)[O-])c(C[N+](C)(C)C/C=C/C(=O)Nc2cc3c(Nc4ccc(OCc5ccccn5)c(Cl)c4)ncnc3cn2)n1C. The molecule has 236 valence electrons. The molecule has 0 aliphatic carbocycles. The number of rotatable bonds is 12. The maximum Gasteiger partial charge on any atom is 0.391 e. The Morgan fingerprint density at radius 1 is 1.15 bits per heavy atom. The molecule has 0 saturated heterocycles. The molecule has 5 aromatic rings. The van der Waals surface area contributed by atoms with E-state index in [0.717, 1.165) is 5.69 Å². The highest BCUT2D eigenvalue weighted by Crippen LogP contribution is 2.31. The molecule has 0 aliphatic heterocycles. The van der Waals surface area contributed by atoms with Crippen LogP contribution in [0.1, 0.15) is 17.2 Å². The van der Waals surface area contributed by atoms with Crippen molar-refractivity contribution in [3.8, 4) is 5.75 Å². The van der Waals surface area contributed by atoms with Gasteiger partial charge in [0.15, 0.2) is 5.69 Å². The molecule has 2 N–H and O–H groups in total. The van der Waals surface area contributed by atoms with Gasteiger partial charge in [0.25, 0.3) is 0 Å². The number of fused-ring (bicyclic) bond motifs is 1. The first-order valence-corrected chi connectivity index (χ1v) is 14.5. The van der Waals surface area contributed by atoms with Crippen molar-refractivity contribution in [1.82, 2.24) is 29.5 Å². The second-order valence-electron chi connectivity index (χ2n) is 11.1. The maximum atomic E-state index is 12.8. The van der Waals surface area contributed by atoms with Gasteiger partial charge in [-0.2, -0.15) is 0 Å². The summed E-state index contributed by atoms with van der Waals surface area (Å²) in [6.07, 6.45) is 7.80. The number of anilines is 3. The van der Waals surface area contributed by atoms with E-state index in [0.29, 0.717) is 68.1 Å². The number of halogens is 1. The van der Waals surface area contributed by atoms with Gasteiger partial charge in [-0.25, -0.2) is 15.0 Å². The van der Waals surface area contributed by atoms with Crippen LogP contribution in [0.5, 0.6) is 5.75 Å². The predicted molar refractivity (Wildman–Crippen MR) is 174 cm³/mol. The smallest absolute Gasteiger partial charge is 0.391 e. The summed E-state index contributed by atoms with van der Waals surface area (Å²) >= 11 is 6.49. The van der Waals surface area contributed by atoms with E-state index in [9.17, 15) is 14.9 Å². The Morgan fingerprint density at radius 2 is 1.98 bits per heavy atom. The summed E-state index contributed by atoms with van der Waals surface area (Å²) in [6, 6.07) is 12.6. The summed E-state index contributed by atoms with van der Waals surface area (Å²) in [4.78, 5) is 45.0. The molecule has 1 aromatic carbocycles. The van der Waals surface area contributed by atoms with Crippen molar-refractivity contribution in [3.05, 3.63) is 106 Å². The molecule has 15 heteroatoms. The van der Waals surface area contributed by atoms with Gasteiger partial charge in [0, 0.05) is 37.3 Å². The number of nitro groups is 1. The monoisotopic (exact) mass is 643 g/mol. The van der Waals surface area contributed by atoms with Gasteiger partial charge in [-0.05, 0) is 52.4 Å². The second kappa shape index (κ2) is 13.7. The summed E-state index contributed by atoms with van der Waals surface area (Å²) < 4.78 is 7.90. The number of quaternary nitrogens is 1. The number of ether oxygens (including phenoxy) is 1. The van der Waals surface area contributed by atoms with Crippen LogP contribution in [0.25, 0.3) is 10.9 Å². The average Bonchev–Trinajstić information content (AvgIpc) is 3.29. The number of amides is 1. The van der Waals surface area contributed by atoms with E-state index in [-0.39, 0.29) is 18.3 Å². The molecule has 0 atom stereocenters. The first-order valence-electron chi connectivity index (χ1n) is 14.2. The van der Waals surface area contributed by atoms with Gasteiger partial charge >= 0.3 is 5.82 Å². The minimum Gasteiger partial charge on any atom is -0.486 e. The number of carbonyl (C=O) groups excluding carboxylic acids is 1. The number of imidazole rings is 1. The number of nitrogens with zero attached hydrogens (tertiary/aromatic N) is 8. The molecule has 0 bridgehead atoms. The van der Waals surface area contributed by atoms with Gasteiger partial charge in [0.05, 0.1) is 43.1 Å². The Labute approximate surface area is 269 Å². The van der Waals surface area contributed by atoms with Crippen LogP contribution < -0.4 is 15.4 Å². The van der Waals surface area contributed by atoms with E-state index in [1.165, 1.54) is 12.4 Å². The van der Waals surface area contributed by atoms with Crippen LogP contribution in [0.3, 0.4) is 0 Å². The van der Waals surface area contributed by atoms with Crippen LogP contribution in [0.4, 0.5) is 23.1 Å². The Bertz CT molecular complexity index is 1930. The molecule has 46 heavy (non-hydrogen) atoms. The number of aromatic nitrogens is 6. The summed E-state index contributed by atoms with van der Waals surface area (Å²) in [7, 11) is 5.59. The molecule has 4 aromatic heterocycles. The molecule has 0 radical (unpaired) electrons. The van der Waals surface area contributed by atoms with Gasteiger partial charge in [0.2, 0.25) is 11.7 Å². The van der Waals surface area contributed by atoms with Crippen molar-refractivity contribution in [2.75, 3.05) is 31.3 Å². The summed E-state index contributed by atoms with van der Waals surface area (Å²) in [5, 5.41) is 18.5. The molecule has 0 aliphatic rings. The number of nitrogens with one attached hydrogen (secondary N) is 2. The highest BCUT2D eigenvalue weighted by molar-refractivity contribution is 6.32. The minimum atomic E-state index is -0.472. The quantitative estimate of drug-likeness (QED) is 0.0807. The Hall–Kier alpha value is -5.47. The van der Waals surface area contributed by atoms with Crippen molar-refractivity contribution in [2.45, 2.75) is 20.1 Å². The van der Waals surface area contributed by atoms with Crippen molar-refractivity contribution in [3.63, 3.8) is 0 Å². The highest BCUT2D eigenvalue weighted by atomic mass is 35.5. The van der Waals surface area contributed by atoms with Gasteiger partial charge < -0.3 is 34.5 Å². The van der Waals surface area contributed by atoms with Crippen molar-refractivity contribution >= 4 is 51.6 Å². The van der Waals surface area contributed by atoms with E-state index in [1.807, 2.05) is 38.4 Å². The minimum absolute atomic E-state index is 0.154. The summed E-state index contributed by atoms with van der Waals surface area (Å²) in [5.74, 6) is 1.35. The van der Waals surface area contributed by atoms with E-state index >= 15 is 0 Å². The number of hydrogen-bond donors (Lipinski definition) is 2. The molecule has 5 rings (SSSR count). The predicted octanol–water partition coefficient (Wildman–Crippen LogP) is 5.12. The lowest BCUT2D eigenvalue weighted by Crippen LogP contribution is -2.39. The lowest BCUT2D eigenvalue weighted by molar-refractivity contribution is -0.898. The number of pyridine rings is 2. The molecule has 1 amide bonds. The fourth-order valence-corrected chi connectivity index (χ4v) is 4.87. The number of carbonyl (C=O) groups is 1. The van der Waals surface area contributed by atoms with Crippen LogP contribution in [-0.4, -0.2) is 65.4 Å². The zero-order valence-electron chi connectivity index (χ0n) is 25.6.